The van der Waals surface area contributed by atoms with Gasteiger partial charge in [0.1, 0.15) is 0 Å². The van der Waals surface area contributed by atoms with Crippen LogP contribution < -0.4 is 0 Å². The predicted octanol–water partition coefficient (Wildman–Crippen LogP) is 4.66. The zero-order valence-corrected chi connectivity index (χ0v) is 12.4. The summed E-state index contributed by atoms with van der Waals surface area (Å²) < 4.78 is 17.3. The Bertz CT molecular complexity index is 138. The Morgan fingerprint density at radius 3 is 1.12 bits per heavy atom. The summed E-state index contributed by atoms with van der Waals surface area (Å²) in [5, 5.41) is 0. The Morgan fingerprint density at radius 2 is 0.938 bits per heavy atom. The molecule has 0 saturated heterocycles. The molecule has 0 saturated carbocycles. The number of hydrogen-bond donors (Lipinski definition) is 0. The van der Waals surface area contributed by atoms with Crippen LogP contribution in [0.3, 0.4) is 0 Å². The van der Waals surface area contributed by atoms with Crippen molar-refractivity contribution in [2.45, 2.75) is 79.1 Å². The molecule has 0 radical (unpaired) electrons. The van der Waals surface area contributed by atoms with Crippen LogP contribution in [0.5, 0.6) is 0 Å². The van der Waals surface area contributed by atoms with Gasteiger partial charge in [0.05, 0.1) is 18.3 Å². The largest absolute Gasteiger partial charge is 0.333 e. The molecule has 0 heterocycles. The second kappa shape index (κ2) is 9.35. The van der Waals surface area contributed by atoms with Crippen molar-refractivity contribution in [3.63, 3.8) is 0 Å². The van der Waals surface area contributed by atoms with Crippen LogP contribution in [0.4, 0.5) is 0 Å². The molecule has 0 aromatic carbocycles. The SMILES string of the molecule is CC[C@@H](C)OP(O[C@@H](C)CC)O[C@@H](C)CC. The fourth-order valence-electron chi connectivity index (χ4n) is 0.739. The topological polar surface area (TPSA) is 27.7 Å². The van der Waals surface area contributed by atoms with E-state index in [4.69, 9.17) is 13.6 Å². The van der Waals surface area contributed by atoms with Crippen molar-refractivity contribution < 1.29 is 13.6 Å². The van der Waals surface area contributed by atoms with Crippen LogP contribution in [0.1, 0.15) is 60.8 Å². The summed E-state index contributed by atoms with van der Waals surface area (Å²) in [7, 11) is -1.20. The Balaban J connectivity index is 4.15. The van der Waals surface area contributed by atoms with Gasteiger partial charge in [-0.25, -0.2) is 0 Å². The summed E-state index contributed by atoms with van der Waals surface area (Å²) >= 11 is 0. The number of hydrogen-bond acceptors (Lipinski definition) is 3. The highest BCUT2D eigenvalue weighted by molar-refractivity contribution is 7.41. The summed E-state index contributed by atoms with van der Waals surface area (Å²) in [5.41, 5.74) is 0. The van der Waals surface area contributed by atoms with E-state index in [0.29, 0.717) is 0 Å². The first-order valence-electron chi connectivity index (χ1n) is 6.33. The van der Waals surface area contributed by atoms with E-state index in [-0.39, 0.29) is 18.3 Å². The van der Waals surface area contributed by atoms with Gasteiger partial charge in [-0.05, 0) is 40.0 Å². The fraction of sp³-hybridized carbons (Fsp3) is 1.00. The predicted molar refractivity (Wildman–Crippen MR) is 69.4 cm³/mol. The van der Waals surface area contributed by atoms with Crippen LogP contribution in [-0.4, -0.2) is 18.3 Å². The minimum absolute atomic E-state index is 0.194. The highest BCUT2D eigenvalue weighted by Crippen LogP contribution is 2.44. The van der Waals surface area contributed by atoms with E-state index >= 15 is 0 Å². The molecule has 16 heavy (non-hydrogen) atoms. The first-order chi connectivity index (χ1) is 7.53. The molecule has 0 N–H and O–H groups in total. The summed E-state index contributed by atoms with van der Waals surface area (Å²) in [6, 6.07) is 0. The van der Waals surface area contributed by atoms with Crippen LogP contribution in [0.2, 0.25) is 0 Å². The lowest BCUT2D eigenvalue weighted by molar-refractivity contribution is 0.0764. The minimum atomic E-state index is -1.20. The van der Waals surface area contributed by atoms with Crippen molar-refractivity contribution in [1.29, 1.82) is 0 Å². The molecule has 0 unspecified atom stereocenters. The van der Waals surface area contributed by atoms with Gasteiger partial charge in [-0.15, -0.1) is 0 Å². The third-order valence-electron chi connectivity index (χ3n) is 2.52. The maximum Gasteiger partial charge on any atom is 0.333 e. The van der Waals surface area contributed by atoms with Gasteiger partial charge in [0.25, 0.3) is 0 Å². The van der Waals surface area contributed by atoms with Crippen molar-refractivity contribution in [3.05, 3.63) is 0 Å². The first kappa shape index (κ1) is 16.3. The summed E-state index contributed by atoms with van der Waals surface area (Å²) in [6.07, 6.45) is 3.52. The van der Waals surface area contributed by atoms with Crippen LogP contribution in [0.25, 0.3) is 0 Å². The van der Waals surface area contributed by atoms with Crippen molar-refractivity contribution in [2.24, 2.45) is 0 Å². The Hall–Kier alpha value is 0.310. The van der Waals surface area contributed by atoms with E-state index in [2.05, 4.69) is 41.5 Å². The molecule has 0 aliphatic heterocycles. The minimum Gasteiger partial charge on any atom is -0.309 e. The van der Waals surface area contributed by atoms with Crippen LogP contribution in [0, 0.1) is 0 Å². The highest BCUT2D eigenvalue weighted by Gasteiger charge is 2.20. The lowest BCUT2D eigenvalue weighted by atomic mass is 10.3. The van der Waals surface area contributed by atoms with Crippen molar-refractivity contribution in [1.82, 2.24) is 0 Å². The second-order valence-corrected chi connectivity index (χ2v) is 5.28. The van der Waals surface area contributed by atoms with Gasteiger partial charge in [-0.1, -0.05) is 20.8 Å². The van der Waals surface area contributed by atoms with E-state index in [1.807, 2.05) is 0 Å². The van der Waals surface area contributed by atoms with Gasteiger partial charge in [-0.3, -0.25) is 0 Å². The first-order valence-corrected chi connectivity index (χ1v) is 7.43. The molecule has 4 heteroatoms. The molecule has 3 atom stereocenters. The molecule has 0 aliphatic carbocycles. The van der Waals surface area contributed by atoms with Gasteiger partial charge in [0.2, 0.25) is 0 Å². The van der Waals surface area contributed by atoms with Gasteiger partial charge >= 0.3 is 8.60 Å². The average Bonchev–Trinajstić information content (AvgIpc) is 2.28. The van der Waals surface area contributed by atoms with Crippen molar-refractivity contribution >= 4 is 8.60 Å². The monoisotopic (exact) mass is 250 g/mol. The molecular formula is C12H27O3P. The van der Waals surface area contributed by atoms with Gasteiger partial charge in [-0.2, -0.15) is 0 Å². The zero-order chi connectivity index (χ0) is 12.6. The van der Waals surface area contributed by atoms with Crippen LogP contribution in [-0.2, 0) is 13.6 Å². The molecule has 0 fully saturated rings. The standard InChI is InChI=1S/C12H27O3P/c1-7-10(4)13-16(14-11(5)8-2)15-12(6)9-3/h10-12H,7-9H2,1-6H3/t10-,11-,12+/m0/s1. The van der Waals surface area contributed by atoms with E-state index < -0.39 is 8.60 Å². The van der Waals surface area contributed by atoms with Gasteiger partial charge in [0.15, 0.2) is 0 Å². The third kappa shape index (κ3) is 7.56. The molecule has 0 aliphatic rings. The summed E-state index contributed by atoms with van der Waals surface area (Å²) in [4.78, 5) is 0. The Morgan fingerprint density at radius 1 is 0.688 bits per heavy atom. The normalized spacial score (nSPS) is 17.4. The Kier molecular flexibility index (Phi) is 9.53. The zero-order valence-electron chi connectivity index (χ0n) is 11.5. The second-order valence-electron chi connectivity index (χ2n) is 4.20. The lowest BCUT2D eigenvalue weighted by Crippen LogP contribution is -2.13. The van der Waals surface area contributed by atoms with E-state index in [1.54, 1.807) is 0 Å². The third-order valence-corrected chi connectivity index (χ3v) is 4.12. The van der Waals surface area contributed by atoms with Crippen molar-refractivity contribution in [2.75, 3.05) is 0 Å². The maximum atomic E-state index is 5.76. The van der Waals surface area contributed by atoms with Crippen LogP contribution in [0.15, 0.2) is 0 Å². The summed E-state index contributed by atoms with van der Waals surface area (Å²) in [5.74, 6) is 0. The molecule has 3 nitrogen and oxygen atoms in total. The van der Waals surface area contributed by atoms with Gasteiger partial charge < -0.3 is 13.6 Å². The maximum absolute atomic E-state index is 5.76. The molecule has 0 spiro atoms. The van der Waals surface area contributed by atoms with Gasteiger partial charge in [0, 0.05) is 0 Å². The van der Waals surface area contributed by atoms with E-state index in [1.165, 1.54) is 0 Å². The smallest absolute Gasteiger partial charge is 0.309 e. The molecule has 98 valence electrons. The lowest BCUT2D eigenvalue weighted by Gasteiger charge is -2.25. The number of rotatable bonds is 9. The molecule has 0 rings (SSSR count). The van der Waals surface area contributed by atoms with Crippen LogP contribution >= 0.6 is 8.60 Å². The molecule has 0 aromatic heterocycles. The summed E-state index contributed by atoms with van der Waals surface area (Å²) in [6.45, 7) is 12.5. The van der Waals surface area contributed by atoms with Crippen molar-refractivity contribution in [3.8, 4) is 0 Å². The average molecular weight is 250 g/mol. The van der Waals surface area contributed by atoms with E-state index in [9.17, 15) is 0 Å². The molecule has 0 amide bonds. The molecule has 0 bridgehead atoms. The molecular weight excluding hydrogens is 223 g/mol. The quantitative estimate of drug-likeness (QED) is 0.557. The Labute approximate surface area is 102 Å². The fourth-order valence-corrected chi connectivity index (χ4v) is 2.22. The molecule has 0 aromatic rings. The van der Waals surface area contributed by atoms with E-state index in [0.717, 1.165) is 19.3 Å². The highest BCUT2D eigenvalue weighted by atomic mass is 31.2.